The first kappa shape index (κ1) is 21.4. The second kappa shape index (κ2) is 10.4. The van der Waals surface area contributed by atoms with Crippen LogP contribution in [0.25, 0.3) is 0 Å². The van der Waals surface area contributed by atoms with Gasteiger partial charge in [-0.25, -0.2) is 4.99 Å². The summed E-state index contributed by atoms with van der Waals surface area (Å²) in [5, 5.41) is 6.86. The van der Waals surface area contributed by atoms with E-state index >= 15 is 0 Å². The van der Waals surface area contributed by atoms with E-state index in [1.54, 1.807) is 0 Å². The van der Waals surface area contributed by atoms with Crippen molar-refractivity contribution in [2.75, 3.05) is 37.8 Å². The summed E-state index contributed by atoms with van der Waals surface area (Å²) in [5.41, 5.74) is 2.45. The minimum Gasteiger partial charge on any atom is -0.378 e. The maximum absolute atomic E-state index is 4.72. The molecule has 0 saturated carbocycles. The lowest BCUT2D eigenvalue weighted by Gasteiger charge is -2.24. The molecule has 1 fully saturated rings. The standard InChI is InChI=1S/C18H30N4S.HI/c1-5-19-17(21-14-18(2)11-6-12-23-18)20-13-15-7-9-16(10-8-15)22(3)4;/h7-10H,5-6,11-14H2,1-4H3,(H2,19,20,21);1H. The van der Waals surface area contributed by atoms with E-state index < -0.39 is 0 Å². The van der Waals surface area contributed by atoms with Crippen molar-refractivity contribution in [3.05, 3.63) is 29.8 Å². The molecular formula is C18H31IN4S. The Kier molecular flexibility index (Phi) is 9.26. The van der Waals surface area contributed by atoms with Crippen LogP contribution in [0.3, 0.4) is 0 Å². The van der Waals surface area contributed by atoms with Crippen molar-refractivity contribution in [1.82, 2.24) is 10.6 Å². The van der Waals surface area contributed by atoms with Crippen LogP contribution in [0.2, 0.25) is 0 Å². The van der Waals surface area contributed by atoms with E-state index in [0.717, 1.165) is 19.0 Å². The minimum atomic E-state index is 0. The normalized spacial score (nSPS) is 20.4. The zero-order valence-corrected chi connectivity index (χ0v) is 18.4. The Balaban J connectivity index is 0.00000288. The summed E-state index contributed by atoms with van der Waals surface area (Å²) >= 11 is 2.07. The number of anilines is 1. The van der Waals surface area contributed by atoms with Crippen LogP contribution in [0.1, 0.15) is 32.3 Å². The van der Waals surface area contributed by atoms with Gasteiger partial charge in [-0.1, -0.05) is 12.1 Å². The summed E-state index contributed by atoms with van der Waals surface area (Å²) in [6, 6.07) is 8.58. The summed E-state index contributed by atoms with van der Waals surface area (Å²) in [5.74, 6) is 2.20. The van der Waals surface area contributed by atoms with E-state index in [1.807, 2.05) is 0 Å². The van der Waals surface area contributed by atoms with Crippen LogP contribution in [0, 0.1) is 0 Å². The molecular weight excluding hydrogens is 431 g/mol. The van der Waals surface area contributed by atoms with Crippen LogP contribution >= 0.6 is 35.7 Å². The number of nitrogens with zero attached hydrogens (tertiary/aromatic N) is 2. The van der Waals surface area contributed by atoms with Gasteiger partial charge in [-0.05, 0) is 50.1 Å². The second-order valence-corrected chi connectivity index (χ2v) is 8.19. The molecule has 0 aromatic heterocycles. The molecule has 0 aliphatic carbocycles. The molecule has 2 N–H and O–H groups in total. The second-order valence-electron chi connectivity index (χ2n) is 6.51. The van der Waals surface area contributed by atoms with Crippen molar-refractivity contribution in [3.8, 4) is 0 Å². The van der Waals surface area contributed by atoms with E-state index in [9.17, 15) is 0 Å². The van der Waals surface area contributed by atoms with Gasteiger partial charge in [0.2, 0.25) is 0 Å². The fourth-order valence-electron chi connectivity index (χ4n) is 2.66. The Morgan fingerprint density at radius 3 is 2.50 bits per heavy atom. The molecule has 2 rings (SSSR count). The third-order valence-corrected chi connectivity index (χ3v) is 5.69. The lowest BCUT2D eigenvalue weighted by atomic mass is 10.1. The molecule has 0 spiro atoms. The Morgan fingerprint density at radius 2 is 1.96 bits per heavy atom. The van der Waals surface area contributed by atoms with Crippen molar-refractivity contribution >= 4 is 47.4 Å². The molecule has 6 heteroatoms. The van der Waals surface area contributed by atoms with Gasteiger partial charge in [-0.15, -0.1) is 24.0 Å². The summed E-state index contributed by atoms with van der Waals surface area (Å²) in [4.78, 5) is 6.83. The molecule has 1 saturated heterocycles. The molecule has 1 heterocycles. The van der Waals surface area contributed by atoms with E-state index in [4.69, 9.17) is 4.99 Å². The average molecular weight is 462 g/mol. The number of rotatable bonds is 6. The number of hydrogen-bond donors (Lipinski definition) is 2. The molecule has 1 aromatic carbocycles. The van der Waals surface area contributed by atoms with Crippen molar-refractivity contribution in [3.63, 3.8) is 0 Å². The van der Waals surface area contributed by atoms with Gasteiger partial charge in [-0.3, -0.25) is 0 Å². The van der Waals surface area contributed by atoms with Crippen molar-refractivity contribution in [1.29, 1.82) is 0 Å². The van der Waals surface area contributed by atoms with Crippen molar-refractivity contribution in [2.45, 2.75) is 38.0 Å². The van der Waals surface area contributed by atoms with Crippen LogP contribution in [-0.2, 0) is 6.54 Å². The molecule has 136 valence electrons. The number of thioether (sulfide) groups is 1. The Hall–Kier alpha value is -0.630. The zero-order valence-electron chi connectivity index (χ0n) is 15.3. The Labute approximate surface area is 168 Å². The number of halogens is 1. The van der Waals surface area contributed by atoms with Crippen LogP contribution in [0.4, 0.5) is 5.69 Å². The van der Waals surface area contributed by atoms with Gasteiger partial charge in [-0.2, -0.15) is 11.8 Å². The number of aliphatic imine (C=N–C) groups is 1. The summed E-state index contributed by atoms with van der Waals surface area (Å²) in [7, 11) is 4.12. The molecule has 1 unspecified atom stereocenters. The van der Waals surface area contributed by atoms with Gasteiger partial charge in [0.15, 0.2) is 5.96 Å². The summed E-state index contributed by atoms with van der Waals surface area (Å²) in [6.45, 7) is 7.02. The van der Waals surface area contributed by atoms with Gasteiger partial charge in [0.25, 0.3) is 0 Å². The molecule has 1 aliphatic heterocycles. The molecule has 1 aliphatic rings. The Morgan fingerprint density at radius 1 is 1.25 bits per heavy atom. The van der Waals surface area contributed by atoms with E-state index in [1.165, 1.54) is 29.8 Å². The van der Waals surface area contributed by atoms with Gasteiger partial charge in [0, 0.05) is 37.6 Å². The average Bonchev–Trinajstić information content (AvgIpc) is 2.97. The minimum absolute atomic E-state index is 0. The highest BCUT2D eigenvalue weighted by molar-refractivity contribution is 14.0. The fraction of sp³-hybridized carbons (Fsp3) is 0.611. The first-order valence-corrected chi connectivity index (χ1v) is 9.43. The maximum Gasteiger partial charge on any atom is 0.191 e. The molecule has 0 bridgehead atoms. The van der Waals surface area contributed by atoms with Crippen LogP contribution in [-0.4, -0.2) is 43.6 Å². The van der Waals surface area contributed by atoms with Gasteiger partial charge >= 0.3 is 0 Å². The molecule has 1 atom stereocenters. The zero-order chi connectivity index (χ0) is 16.7. The van der Waals surface area contributed by atoms with Crippen molar-refractivity contribution in [2.24, 2.45) is 4.99 Å². The van der Waals surface area contributed by atoms with E-state index in [2.05, 4.69) is 79.5 Å². The fourth-order valence-corrected chi connectivity index (χ4v) is 3.90. The van der Waals surface area contributed by atoms with Gasteiger partial charge in [0.1, 0.15) is 0 Å². The van der Waals surface area contributed by atoms with E-state index in [0.29, 0.717) is 11.3 Å². The largest absolute Gasteiger partial charge is 0.378 e. The third-order valence-electron chi connectivity index (χ3n) is 4.15. The molecule has 4 nitrogen and oxygen atoms in total. The Bertz CT molecular complexity index is 510. The highest BCUT2D eigenvalue weighted by Crippen LogP contribution is 2.36. The van der Waals surface area contributed by atoms with Crippen LogP contribution in [0.5, 0.6) is 0 Å². The van der Waals surface area contributed by atoms with Crippen molar-refractivity contribution < 1.29 is 0 Å². The summed E-state index contributed by atoms with van der Waals surface area (Å²) < 4.78 is 0.351. The topological polar surface area (TPSA) is 39.7 Å². The van der Waals surface area contributed by atoms with Crippen LogP contribution in [0.15, 0.2) is 29.3 Å². The molecule has 0 radical (unpaired) electrons. The predicted molar refractivity (Wildman–Crippen MR) is 119 cm³/mol. The number of nitrogens with one attached hydrogen (secondary N) is 2. The number of hydrogen-bond acceptors (Lipinski definition) is 3. The lowest BCUT2D eigenvalue weighted by Crippen LogP contribution is -2.43. The smallest absolute Gasteiger partial charge is 0.191 e. The predicted octanol–water partition coefficient (Wildman–Crippen LogP) is 3.71. The third kappa shape index (κ3) is 6.70. The SMILES string of the molecule is CCNC(=NCc1ccc(N(C)C)cc1)NCC1(C)CCCS1.I. The number of guanidine groups is 1. The van der Waals surface area contributed by atoms with Gasteiger partial charge < -0.3 is 15.5 Å². The summed E-state index contributed by atoms with van der Waals surface area (Å²) in [6.07, 6.45) is 2.62. The van der Waals surface area contributed by atoms with Crippen LogP contribution < -0.4 is 15.5 Å². The highest BCUT2D eigenvalue weighted by Gasteiger charge is 2.29. The molecule has 0 amide bonds. The maximum atomic E-state index is 4.72. The monoisotopic (exact) mass is 462 g/mol. The first-order chi connectivity index (χ1) is 11.0. The molecule has 24 heavy (non-hydrogen) atoms. The van der Waals surface area contributed by atoms with E-state index in [-0.39, 0.29) is 24.0 Å². The lowest BCUT2D eigenvalue weighted by molar-refractivity contribution is 0.584. The quantitative estimate of drug-likeness (QED) is 0.384. The highest BCUT2D eigenvalue weighted by atomic mass is 127. The van der Waals surface area contributed by atoms with Gasteiger partial charge in [0.05, 0.1) is 6.54 Å². The number of benzene rings is 1. The first-order valence-electron chi connectivity index (χ1n) is 8.45. The molecule has 1 aromatic rings.